The number of aliphatic hydroxyl groups excluding tert-OH is 3. The largest absolute Gasteiger partial charge is 0.479 e. The van der Waals surface area contributed by atoms with Crippen molar-refractivity contribution >= 4 is 41.3 Å². The Morgan fingerprint density at radius 2 is 1.69 bits per heavy atom. The predicted octanol–water partition coefficient (Wildman–Crippen LogP) is -2.26. The van der Waals surface area contributed by atoms with Crippen LogP contribution in [0.4, 0.5) is 5.69 Å². The van der Waals surface area contributed by atoms with Crippen molar-refractivity contribution in [2.45, 2.75) is 70.5 Å². The second-order valence-corrected chi connectivity index (χ2v) is 11.2. The number of carbonyl (C=O) groups is 6. The first-order chi connectivity index (χ1) is 21.0. The maximum Gasteiger partial charge on any atom is 0.335 e. The third-order valence-electron chi connectivity index (χ3n) is 6.69. The van der Waals surface area contributed by atoms with Crippen LogP contribution in [0.25, 0.3) is 0 Å². The molecule has 4 amide bonds. The fraction of sp³-hybridized carbons (Fsp3) is 0.500. The Kier molecular flexibility index (Phi) is 11.4. The van der Waals surface area contributed by atoms with Crippen LogP contribution in [0.5, 0.6) is 5.75 Å². The fourth-order valence-corrected chi connectivity index (χ4v) is 4.19. The number of imide groups is 1. The molecule has 246 valence electrons. The van der Waals surface area contributed by atoms with Crippen molar-refractivity contribution in [3.8, 4) is 5.75 Å². The van der Waals surface area contributed by atoms with Gasteiger partial charge in [-0.15, -0.1) is 0 Å². The standard InChI is InChI=1S/C28H36N4O13/c1-28(2,3)27(42)43-12-13-4-5-16(44-26-22(38)20(36)21(37)23(45-26)25(40)41)14(10-13)31-17(33)8-9-30-24(39)15(11-29)32-18(34)6-7-19(32)35/h4-7,10,15,20-23,26,36-38H,8-9,11-12,29H2,1-3H3,(H,30,39)(H,31,33)(H,40,41)/t15?,20-,21-,22+,23-,26+/m0/s1. The third kappa shape index (κ3) is 8.61. The third-order valence-corrected chi connectivity index (χ3v) is 6.69. The van der Waals surface area contributed by atoms with Crippen molar-refractivity contribution in [2.24, 2.45) is 11.1 Å². The molecule has 0 saturated carbocycles. The number of rotatable bonds is 12. The van der Waals surface area contributed by atoms with Gasteiger partial charge in [0.1, 0.15) is 36.7 Å². The first-order valence-electron chi connectivity index (χ1n) is 13.8. The highest BCUT2D eigenvalue weighted by molar-refractivity contribution is 6.15. The molecule has 0 radical (unpaired) electrons. The van der Waals surface area contributed by atoms with E-state index < -0.39 is 77.7 Å². The molecule has 2 aliphatic rings. The Balaban J connectivity index is 1.74. The predicted molar refractivity (Wildman–Crippen MR) is 151 cm³/mol. The van der Waals surface area contributed by atoms with E-state index in [4.69, 9.17) is 19.9 Å². The maximum atomic E-state index is 12.9. The first-order valence-corrected chi connectivity index (χ1v) is 13.8. The van der Waals surface area contributed by atoms with Crippen LogP contribution in [0.2, 0.25) is 0 Å². The molecule has 1 aromatic carbocycles. The number of ether oxygens (including phenoxy) is 3. The second-order valence-electron chi connectivity index (χ2n) is 11.2. The number of carbonyl (C=O) groups excluding carboxylic acids is 5. The van der Waals surface area contributed by atoms with E-state index >= 15 is 0 Å². The van der Waals surface area contributed by atoms with E-state index in [1.165, 1.54) is 18.2 Å². The van der Waals surface area contributed by atoms with E-state index in [0.717, 1.165) is 12.2 Å². The van der Waals surface area contributed by atoms with Gasteiger partial charge in [-0.05, 0) is 38.5 Å². The van der Waals surface area contributed by atoms with E-state index in [1.54, 1.807) is 20.8 Å². The summed E-state index contributed by atoms with van der Waals surface area (Å²) in [6, 6.07) is 2.85. The molecule has 1 saturated heterocycles. The van der Waals surface area contributed by atoms with Gasteiger partial charge in [0, 0.05) is 31.7 Å². The number of esters is 1. The summed E-state index contributed by atoms with van der Waals surface area (Å²) in [5.41, 5.74) is 5.15. The van der Waals surface area contributed by atoms with Crippen LogP contribution in [-0.4, -0.2) is 111 Å². The normalized spacial score (nSPS) is 23.8. The summed E-state index contributed by atoms with van der Waals surface area (Å²) in [5, 5.41) is 44.7. The topological polar surface area (TPSA) is 264 Å². The Morgan fingerprint density at radius 1 is 1.04 bits per heavy atom. The zero-order valence-electron chi connectivity index (χ0n) is 24.7. The average molecular weight is 637 g/mol. The molecule has 0 spiro atoms. The summed E-state index contributed by atoms with van der Waals surface area (Å²) in [6.07, 6.45) is -7.82. The van der Waals surface area contributed by atoms with Crippen molar-refractivity contribution < 1.29 is 63.4 Å². The molecule has 45 heavy (non-hydrogen) atoms. The Labute approximate surface area is 256 Å². The van der Waals surface area contributed by atoms with Crippen LogP contribution in [0.15, 0.2) is 30.4 Å². The van der Waals surface area contributed by atoms with Gasteiger partial charge < -0.3 is 51.0 Å². The SMILES string of the molecule is CC(C)(C)C(=O)OCc1ccc(O[C@@H]2O[C@H](C(=O)O)[C@@H](O)[C@H](O)[C@H]2O)c(NC(=O)CCNC(=O)C(CN)N2C(=O)C=CC2=O)c1. The van der Waals surface area contributed by atoms with Crippen molar-refractivity contribution in [1.82, 2.24) is 10.2 Å². The number of carboxylic acids is 1. The van der Waals surface area contributed by atoms with Gasteiger partial charge >= 0.3 is 11.9 Å². The summed E-state index contributed by atoms with van der Waals surface area (Å²) in [4.78, 5) is 73.7. The van der Waals surface area contributed by atoms with E-state index in [1.807, 2.05) is 0 Å². The van der Waals surface area contributed by atoms with E-state index in [9.17, 15) is 49.2 Å². The molecule has 0 bridgehead atoms. The van der Waals surface area contributed by atoms with Crippen molar-refractivity contribution in [3.63, 3.8) is 0 Å². The minimum Gasteiger partial charge on any atom is -0.479 e. The lowest BCUT2D eigenvalue weighted by molar-refractivity contribution is -0.271. The quantitative estimate of drug-likeness (QED) is 0.0944. The summed E-state index contributed by atoms with van der Waals surface area (Å²) in [6.45, 7) is 4.19. The number of aliphatic carboxylic acids is 1. The summed E-state index contributed by atoms with van der Waals surface area (Å²) >= 11 is 0. The van der Waals surface area contributed by atoms with Gasteiger partial charge in [0.2, 0.25) is 18.1 Å². The molecule has 1 unspecified atom stereocenters. The number of amides is 4. The van der Waals surface area contributed by atoms with E-state index in [2.05, 4.69) is 10.6 Å². The highest BCUT2D eigenvalue weighted by Gasteiger charge is 2.48. The molecular formula is C28H36N4O13. The highest BCUT2D eigenvalue weighted by atomic mass is 16.7. The molecule has 1 aromatic rings. The van der Waals surface area contributed by atoms with E-state index in [-0.39, 0.29) is 37.6 Å². The second kappa shape index (κ2) is 14.6. The zero-order chi connectivity index (χ0) is 33.6. The number of nitrogens with zero attached hydrogens (tertiary/aromatic N) is 1. The zero-order valence-corrected chi connectivity index (χ0v) is 24.7. The Hall–Kier alpha value is -4.42. The lowest BCUT2D eigenvalue weighted by Gasteiger charge is -2.38. The number of benzene rings is 1. The Morgan fingerprint density at radius 3 is 2.27 bits per heavy atom. The summed E-state index contributed by atoms with van der Waals surface area (Å²) < 4.78 is 16.1. The van der Waals surface area contributed by atoms with Crippen LogP contribution in [-0.2, 0) is 44.8 Å². The number of aliphatic hydroxyl groups is 3. The lowest BCUT2D eigenvalue weighted by atomic mass is 9.97. The van der Waals surface area contributed by atoms with Crippen molar-refractivity contribution in [2.75, 3.05) is 18.4 Å². The molecule has 6 atom stereocenters. The molecule has 17 heteroatoms. The molecular weight excluding hydrogens is 600 g/mol. The molecule has 2 heterocycles. The number of nitrogens with two attached hydrogens (primary N) is 1. The fourth-order valence-electron chi connectivity index (χ4n) is 4.19. The van der Waals surface area contributed by atoms with Crippen LogP contribution in [0, 0.1) is 5.41 Å². The number of hydrogen-bond acceptors (Lipinski definition) is 13. The summed E-state index contributed by atoms with van der Waals surface area (Å²) in [5.74, 6) is -5.12. The number of anilines is 1. The highest BCUT2D eigenvalue weighted by Crippen LogP contribution is 2.31. The van der Waals surface area contributed by atoms with Crippen molar-refractivity contribution in [3.05, 3.63) is 35.9 Å². The van der Waals surface area contributed by atoms with Gasteiger partial charge in [-0.25, -0.2) is 4.79 Å². The maximum absolute atomic E-state index is 12.9. The molecule has 2 aliphatic heterocycles. The minimum atomic E-state index is -1.96. The van der Waals surface area contributed by atoms with Gasteiger partial charge in [0.05, 0.1) is 11.1 Å². The molecule has 1 fully saturated rings. The van der Waals surface area contributed by atoms with Gasteiger partial charge in [0.15, 0.2) is 6.10 Å². The Bertz CT molecular complexity index is 1340. The molecule has 8 N–H and O–H groups in total. The number of nitrogens with one attached hydrogen (secondary N) is 2. The van der Waals surface area contributed by atoms with E-state index in [0.29, 0.717) is 10.5 Å². The van der Waals surface area contributed by atoms with Gasteiger partial charge in [0.25, 0.3) is 11.8 Å². The summed E-state index contributed by atoms with van der Waals surface area (Å²) in [7, 11) is 0. The lowest BCUT2D eigenvalue weighted by Crippen LogP contribution is -2.61. The monoisotopic (exact) mass is 636 g/mol. The van der Waals surface area contributed by atoms with Crippen LogP contribution < -0.4 is 21.1 Å². The van der Waals surface area contributed by atoms with Gasteiger partial charge in [-0.2, -0.15) is 0 Å². The molecule has 0 aliphatic carbocycles. The van der Waals surface area contributed by atoms with Gasteiger partial charge in [-0.1, -0.05) is 6.07 Å². The van der Waals surface area contributed by atoms with Crippen LogP contribution in [0.3, 0.4) is 0 Å². The molecule has 17 nitrogen and oxygen atoms in total. The van der Waals surface area contributed by atoms with Crippen LogP contribution >= 0.6 is 0 Å². The average Bonchev–Trinajstić information content (AvgIpc) is 3.29. The smallest absolute Gasteiger partial charge is 0.335 e. The van der Waals surface area contributed by atoms with Crippen molar-refractivity contribution in [1.29, 1.82) is 0 Å². The van der Waals surface area contributed by atoms with Crippen LogP contribution in [0.1, 0.15) is 32.8 Å². The van der Waals surface area contributed by atoms with Gasteiger partial charge in [-0.3, -0.25) is 28.9 Å². The minimum absolute atomic E-state index is 0.0434. The first kappa shape index (κ1) is 35.1. The molecule has 3 rings (SSSR count). The molecule has 0 aromatic heterocycles. The number of carboxylic acid groups (broad SMARTS) is 1. The number of hydrogen-bond donors (Lipinski definition) is 7.